The summed E-state index contributed by atoms with van der Waals surface area (Å²) in [6, 6.07) is 0. The minimum Gasteiger partial charge on any atom is -0.393 e. The average molecular weight is 405 g/mol. The third-order valence-corrected chi connectivity index (χ3v) is 10.9. The Hall–Kier alpha value is -0.410. The van der Waals surface area contributed by atoms with Crippen LogP contribution in [0.4, 0.5) is 0 Å². The van der Waals surface area contributed by atoms with Crippen molar-refractivity contribution in [2.45, 2.75) is 98.2 Å². The van der Waals surface area contributed by atoms with Crippen LogP contribution in [0.15, 0.2) is 0 Å². The second-order valence-electron chi connectivity index (χ2n) is 12.2. The molecule has 0 heterocycles. The molecular formula is C26H44O3. The fourth-order valence-electron chi connectivity index (χ4n) is 9.43. The van der Waals surface area contributed by atoms with Gasteiger partial charge in [0.15, 0.2) is 0 Å². The highest BCUT2D eigenvalue weighted by molar-refractivity contribution is 5.52. The number of aliphatic hydroxyl groups excluding tert-OH is 2. The van der Waals surface area contributed by atoms with Gasteiger partial charge in [-0.3, -0.25) is 0 Å². The van der Waals surface area contributed by atoms with Gasteiger partial charge in [0.05, 0.1) is 12.2 Å². The van der Waals surface area contributed by atoms with E-state index in [1.807, 2.05) is 0 Å². The lowest BCUT2D eigenvalue weighted by Crippen LogP contribution is -2.61. The summed E-state index contributed by atoms with van der Waals surface area (Å²) in [6.45, 7) is 11.7. The first-order valence-electron chi connectivity index (χ1n) is 12.4. The molecule has 4 unspecified atom stereocenters. The molecule has 3 heteroatoms. The smallest absolute Gasteiger partial charge is 0.122 e. The van der Waals surface area contributed by atoms with Crippen LogP contribution in [0.5, 0.6) is 0 Å². The van der Waals surface area contributed by atoms with Crippen molar-refractivity contribution in [2.75, 3.05) is 0 Å². The molecule has 2 N–H and O–H groups in total. The van der Waals surface area contributed by atoms with Crippen molar-refractivity contribution in [3.63, 3.8) is 0 Å². The molecule has 0 aromatic carbocycles. The Labute approximate surface area is 178 Å². The Bertz CT molecular complexity index is 619. The Morgan fingerprint density at radius 3 is 2.31 bits per heavy atom. The molecule has 3 nitrogen and oxygen atoms in total. The zero-order chi connectivity index (χ0) is 21.1. The summed E-state index contributed by atoms with van der Waals surface area (Å²) < 4.78 is 0. The average Bonchev–Trinajstić information content (AvgIpc) is 3.04. The standard InChI is InChI=1S/C26H44O3/c1-15(14-27)12-16(2)19-6-7-20-23-21(9-11-25(19,20)4)26(5)10-8-18(28)13-22(26)17(3)24(23)29/h14-24,28-29H,6-13H2,1-5H3/t15-,16+,17+,18+,19+,20?,21?,22?,23?,24+,25+,26+/m0/s1. The van der Waals surface area contributed by atoms with Crippen LogP contribution in [0.25, 0.3) is 0 Å². The number of rotatable bonds is 4. The van der Waals surface area contributed by atoms with Crippen LogP contribution in [0, 0.1) is 58.2 Å². The van der Waals surface area contributed by atoms with Crippen molar-refractivity contribution >= 4 is 6.29 Å². The maximum atomic E-state index is 11.6. The number of hydrogen-bond acceptors (Lipinski definition) is 3. The molecule has 4 rings (SSSR count). The number of carbonyl (C=O) groups is 1. The molecule has 4 aliphatic carbocycles. The van der Waals surface area contributed by atoms with Gasteiger partial charge in [-0.2, -0.15) is 0 Å². The quantitative estimate of drug-likeness (QED) is 0.642. The fraction of sp³-hybridized carbons (Fsp3) is 0.962. The molecule has 0 bridgehead atoms. The highest BCUT2D eigenvalue weighted by Crippen LogP contribution is 2.69. The van der Waals surface area contributed by atoms with Crippen molar-refractivity contribution in [3.05, 3.63) is 0 Å². The summed E-state index contributed by atoms with van der Waals surface area (Å²) in [5.74, 6) is 3.78. The molecule has 4 fully saturated rings. The lowest BCUT2D eigenvalue weighted by atomic mass is 9.42. The topological polar surface area (TPSA) is 57.5 Å². The molecule has 0 aromatic rings. The fourth-order valence-corrected chi connectivity index (χ4v) is 9.43. The maximum Gasteiger partial charge on any atom is 0.122 e. The van der Waals surface area contributed by atoms with Crippen LogP contribution in [0.3, 0.4) is 0 Å². The first-order valence-corrected chi connectivity index (χ1v) is 12.4. The van der Waals surface area contributed by atoms with Crippen molar-refractivity contribution in [2.24, 2.45) is 58.2 Å². The number of aliphatic hydroxyl groups is 2. The largest absolute Gasteiger partial charge is 0.393 e. The van der Waals surface area contributed by atoms with Crippen molar-refractivity contribution in [3.8, 4) is 0 Å². The Morgan fingerprint density at radius 1 is 0.966 bits per heavy atom. The van der Waals surface area contributed by atoms with Gasteiger partial charge in [0, 0.05) is 5.92 Å². The van der Waals surface area contributed by atoms with Gasteiger partial charge >= 0.3 is 0 Å². The van der Waals surface area contributed by atoms with Gasteiger partial charge in [0.1, 0.15) is 6.29 Å². The third kappa shape index (κ3) is 3.25. The van der Waals surface area contributed by atoms with Crippen LogP contribution in [-0.2, 0) is 4.79 Å². The van der Waals surface area contributed by atoms with Gasteiger partial charge in [-0.05, 0) is 104 Å². The van der Waals surface area contributed by atoms with Crippen LogP contribution >= 0.6 is 0 Å². The first kappa shape index (κ1) is 21.8. The van der Waals surface area contributed by atoms with Gasteiger partial charge in [-0.25, -0.2) is 0 Å². The molecule has 0 saturated heterocycles. The second kappa shape index (κ2) is 7.62. The molecule has 29 heavy (non-hydrogen) atoms. The summed E-state index contributed by atoms with van der Waals surface area (Å²) >= 11 is 0. The van der Waals surface area contributed by atoms with E-state index in [-0.39, 0.29) is 29.5 Å². The van der Waals surface area contributed by atoms with Gasteiger partial charge < -0.3 is 15.0 Å². The normalized spacial score (nSPS) is 54.0. The van der Waals surface area contributed by atoms with Crippen LogP contribution in [-0.4, -0.2) is 28.7 Å². The summed E-state index contributed by atoms with van der Waals surface area (Å²) in [4.78, 5) is 11.2. The van der Waals surface area contributed by atoms with E-state index in [1.54, 1.807) is 0 Å². The Balaban J connectivity index is 1.61. The number of carbonyl (C=O) groups excluding carboxylic acids is 1. The van der Waals surface area contributed by atoms with Crippen LogP contribution in [0.1, 0.15) is 86.0 Å². The number of aldehydes is 1. The van der Waals surface area contributed by atoms with E-state index in [1.165, 1.54) is 25.7 Å². The highest BCUT2D eigenvalue weighted by atomic mass is 16.3. The third-order valence-electron chi connectivity index (χ3n) is 10.9. The minimum absolute atomic E-state index is 0.151. The van der Waals surface area contributed by atoms with Gasteiger partial charge in [0.2, 0.25) is 0 Å². The molecule has 0 amide bonds. The van der Waals surface area contributed by atoms with Crippen LogP contribution in [0.2, 0.25) is 0 Å². The molecule has 0 aromatic heterocycles. The van der Waals surface area contributed by atoms with Crippen LogP contribution < -0.4 is 0 Å². The van der Waals surface area contributed by atoms with E-state index < -0.39 is 0 Å². The Kier molecular flexibility index (Phi) is 5.73. The SMILES string of the molecule is C[C@H](C=O)C[C@@H](C)[C@H]1CCC2C3C(CC[C@@]21C)[C@@]1(C)CC[C@@H](O)CC1[C@@H](C)[C@H]3O. The second-order valence-corrected chi connectivity index (χ2v) is 12.2. The number of fused-ring (bicyclic) bond motifs is 5. The molecule has 12 atom stereocenters. The van der Waals surface area contributed by atoms with Crippen molar-refractivity contribution in [1.29, 1.82) is 0 Å². The zero-order valence-corrected chi connectivity index (χ0v) is 19.3. The minimum atomic E-state index is -0.226. The lowest BCUT2D eigenvalue weighted by Gasteiger charge is -2.64. The van der Waals surface area contributed by atoms with E-state index in [4.69, 9.17) is 0 Å². The predicted octanol–water partition coefficient (Wildman–Crippen LogP) is 5.08. The summed E-state index contributed by atoms with van der Waals surface area (Å²) in [5.41, 5.74) is 0.584. The molecule has 0 radical (unpaired) electrons. The van der Waals surface area contributed by atoms with E-state index in [0.29, 0.717) is 40.9 Å². The van der Waals surface area contributed by atoms with Crippen molar-refractivity contribution < 1.29 is 15.0 Å². The molecule has 0 aliphatic heterocycles. The monoisotopic (exact) mass is 404 g/mol. The number of hydrogen-bond donors (Lipinski definition) is 2. The summed E-state index contributed by atoms with van der Waals surface area (Å²) in [6.07, 6.45) is 9.66. The molecular weight excluding hydrogens is 360 g/mol. The zero-order valence-electron chi connectivity index (χ0n) is 19.3. The maximum absolute atomic E-state index is 11.6. The van der Waals surface area contributed by atoms with Gasteiger partial charge in [-0.15, -0.1) is 0 Å². The molecule has 166 valence electrons. The first-order chi connectivity index (χ1) is 13.6. The highest BCUT2D eigenvalue weighted by Gasteiger charge is 2.64. The van der Waals surface area contributed by atoms with E-state index >= 15 is 0 Å². The summed E-state index contributed by atoms with van der Waals surface area (Å²) in [5, 5.41) is 21.9. The van der Waals surface area contributed by atoms with Gasteiger partial charge in [-0.1, -0.05) is 34.6 Å². The predicted molar refractivity (Wildman–Crippen MR) is 116 cm³/mol. The van der Waals surface area contributed by atoms with E-state index in [9.17, 15) is 15.0 Å². The van der Waals surface area contributed by atoms with E-state index in [2.05, 4.69) is 34.6 Å². The molecule has 4 aliphatic rings. The summed E-state index contributed by atoms with van der Waals surface area (Å²) in [7, 11) is 0. The van der Waals surface area contributed by atoms with E-state index in [0.717, 1.165) is 32.0 Å². The van der Waals surface area contributed by atoms with Gasteiger partial charge in [0.25, 0.3) is 0 Å². The molecule has 4 saturated carbocycles. The Morgan fingerprint density at radius 2 is 1.62 bits per heavy atom. The molecule has 0 spiro atoms. The lowest BCUT2D eigenvalue weighted by molar-refractivity contribution is -0.199. The van der Waals surface area contributed by atoms with Crippen molar-refractivity contribution in [1.82, 2.24) is 0 Å².